The van der Waals surface area contributed by atoms with Crippen LogP contribution in [0.5, 0.6) is 11.6 Å². The highest BCUT2D eigenvalue weighted by Gasteiger charge is 2.10. The van der Waals surface area contributed by atoms with Crippen LogP contribution in [-0.2, 0) is 6.42 Å². The molecule has 104 valence electrons. The van der Waals surface area contributed by atoms with E-state index >= 15 is 0 Å². The number of hydrogen-bond acceptors (Lipinski definition) is 3. The maximum Gasteiger partial charge on any atom is 0.335 e. The fourth-order valence-corrected chi connectivity index (χ4v) is 1.75. The van der Waals surface area contributed by atoms with E-state index in [9.17, 15) is 9.18 Å². The first-order chi connectivity index (χ1) is 9.49. The van der Waals surface area contributed by atoms with Crippen molar-refractivity contribution in [1.82, 2.24) is 4.98 Å². The van der Waals surface area contributed by atoms with Gasteiger partial charge in [0, 0.05) is 17.8 Å². The van der Waals surface area contributed by atoms with Gasteiger partial charge in [-0.15, -0.1) is 0 Å². The van der Waals surface area contributed by atoms with Crippen LogP contribution in [0.25, 0.3) is 0 Å². The van der Waals surface area contributed by atoms with E-state index < -0.39 is 11.8 Å². The molecular formula is C14H11ClFNO3. The molecule has 1 heterocycles. The van der Waals surface area contributed by atoms with Gasteiger partial charge >= 0.3 is 5.97 Å². The van der Waals surface area contributed by atoms with Crippen LogP contribution < -0.4 is 4.74 Å². The van der Waals surface area contributed by atoms with Crippen LogP contribution >= 0.6 is 11.6 Å². The van der Waals surface area contributed by atoms with Crippen molar-refractivity contribution < 1.29 is 19.0 Å². The summed E-state index contributed by atoms with van der Waals surface area (Å²) in [6.45, 7) is 1.85. The minimum absolute atomic E-state index is 0.0763. The highest BCUT2D eigenvalue weighted by Crippen LogP contribution is 2.26. The second kappa shape index (κ2) is 5.88. The lowest BCUT2D eigenvalue weighted by molar-refractivity contribution is 0.0696. The molecule has 1 aromatic carbocycles. The van der Waals surface area contributed by atoms with Crippen molar-refractivity contribution in [1.29, 1.82) is 0 Å². The normalized spacial score (nSPS) is 10.3. The number of rotatable bonds is 4. The third kappa shape index (κ3) is 3.24. The van der Waals surface area contributed by atoms with Crippen molar-refractivity contribution in [2.75, 3.05) is 0 Å². The first kappa shape index (κ1) is 14.3. The van der Waals surface area contributed by atoms with Crippen LogP contribution in [0.2, 0.25) is 5.02 Å². The molecule has 0 unspecified atom stereocenters. The molecule has 0 aliphatic rings. The Morgan fingerprint density at radius 2 is 2.15 bits per heavy atom. The number of carboxylic acid groups (broad SMARTS) is 1. The van der Waals surface area contributed by atoms with Crippen molar-refractivity contribution >= 4 is 17.6 Å². The first-order valence-electron chi connectivity index (χ1n) is 5.86. The second-order valence-electron chi connectivity index (χ2n) is 4.02. The molecule has 0 radical (unpaired) electrons. The second-order valence-corrected chi connectivity index (χ2v) is 4.43. The Morgan fingerprint density at radius 3 is 2.75 bits per heavy atom. The molecule has 1 aromatic heterocycles. The lowest BCUT2D eigenvalue weighted by Gasteiger charge is -2.08. The summed E-state index contributed by atoms with van der Waals surface area (Å²) in [6, 6.07) is 6.64. The molecule has 4 nitrogen and oxygen atoms in total. The van der Waals surface area contributed by atoms with E-state index in [1.807, 2.05) is 6.92 Å². The van der Waals surface area contributed by atoms with E-state index in [-0.39, 0.29) is 22.2 Å². The minimum atomic E-state index is -1.07. The number of ether oxygens (including phenoxy) is 1. The molecule has 20 heavy (non-hydrogen) atoms. The molecule has 0 aliphatic heterocycles. The maximum absolute atomic E-state index is 13.0. The summed E-state index contributed by atoms with van der Waals surface area (Å²) in [5, 5.41) is 8.95. The fourth-order valence-electron chi connectivity index (χ4n) is 1.58. The molecule has 0 fully saturated rings. The number of benzene rings is 1. The van der Waals surface area contributed by atoms with Crippen LogP contribution in [0.4, 0.5) is 4.39 Å². The Balaban J connectivity index is 2.34. The molecule has 6 heteroatoms. The average Bonchev–Trinajstić information content (AvgIpc) is 2.42. The average molecular weight is 296 g/mol. The van der Waals surface area contributed by atoms with Crippen LogP contribution in [-0.4, -0.2) is 16.1 Å². The van der Waals surface area contributed by atoms with Gasteiger partial charge in [-0.3, -0.25) is 0 Å². The zero-order valence-electron chi connectivity index (χ0n) is 10.6. The molecule has 0 aliphatic carbocycles. The smallest absolute Gasteiger partial charge is 0.335 e. The Morgan fingerprint density at radius 1 is 1.40 bits per heavy atom. The zero-order valence-corrected chi connectivity index (χ0v) is 11.3. The van der Waals surface area contributed by atoms with E-state index in [1.54, 1.807) is 0 Å². The van der Waals surface area contributed by atoms with Crippen molar-refractivity contribution in [3.8, 4) is 11.6 Å². The lowest BCUT2D eigenvalue weighted by atomic mass is 10.2. The third-order valence-corrected chi connectivity index (χ3v) is 2.87. The summed E-state index contributed by atoms with van der Waals surface area (Å²) in [5.74, 6) is -1.21. The summed E-state index contributed by atoms with van der Waals surface area (Å²) in [4.78, 5) is 15.2. The molecule has 0 saturated heterocycles. The van der Waals surface area contributed by atoms with Crippen molar-refractivity contribution in [3.63, 3.8) is 0 Å². The van der Waals surface area contributed by atoms with E-state index in [4.69, 9.17) is 21.4 Å². The molecule has 0 spiro atoms. The number of hydrogen-bond donors (Lipinski definition) is 1. The van der Waals surface area contributed by atoms with Gasteiger partial charge in [-0.2, -0.15) is 0 Å². The quantitative estimate of drug-likeness (QED) is 0.928. The fraction of sp³-hybridized carbons (Fsp3) is 0.143. The standard InChI is InChI=1S/C14H11ClFNO3/c1-2-9-5-8(14(18)19)6-13(17-9)20-10-3-4-12(16)11(15)7-10/h3-7H,2H2,1H3,(H,18,19). The van der Waals surface area contributed by atoms with E-state index in [2.05, 4.69) is 4.98 Å². The Kier molecular flexibility index (Phi) is 4.20. The Labute approximate surface area is 119 Å². The Bertz CT molecular complexity index is 661. The van der Waals surface area contributed by atoms with Crippen LogP contribution in [0.1, 0.15) is 23.0 Å². The highest BCUT2D eigenvalue weighted by atomic mass is 35.5. The number of carboxylic acids is 1. The van der Waals surface area contributed by atoms with E-state index in [0.29, 0.717) is 12.1 Å². The number of aryl methyl sites for hydroxylation is 1. The van der Waals surface area contributed by atoms with Crippen molar-refractivity contribution in [2.24, 2.45) is 0 Å². The molecular weight excluding hydrogens is 285 g/mol. The monoisotopic (exact) mass is 295 g/mol. The number of nitrogens with zero attached hydrogens (tertiary/aromatic N) is 1. The molecule has 0 bridgehead atoms. The van der Waals surface area contributed by atoms with Gasteiger partial charge in [-0.05, 0) is 24.6 Å². The number of halogens is 2. The van der Waals surface area contributed by atoms with E-state index in [0.717, 1.165) is 0 Å². The summed E-state index contributed by atoms with van der Waals surface area (Å²) in [5.41, 5.74) is 0.674. The van der Waals surface area contributed by atoms with Gasteiger partial charge in [0.1, 0.15) is 11.6 Å². The largest absolute Gasteiger partial charge is 0.478 e. The lowest BCUT2D eigenvalue weighted by Crippen LogP contribution is -2.01. The molecule has 2 rings (SSSR count). The van der Waals surface area contributed by atoms with E-state index in [1.165, 1.54) is 30.3 Å². The number of pyridine rings is 1. The topological polar surface area (TPSA) is 59.4 Å². The predicted molar refractivity (Wildman–Crippen MR) is 72.1 cm³/mol. The molecule has 0 amide bonds. The minimum Gasteiger partial charge on any atom is -0.478 e. The molecule has 0 atom stereocenters. The van der Waals surface area contributed by atoms with Gasteiger partial charge in [-0.1, -0.05) is 18.5 Å². The van der Waals surface area contributed by atoms with Gasteiger partial charge in [0.25, 0.3) is 0 Å². The number of carbonyl (C=O) groups is 1. The van der Waals surface area contributed by atoms with Crippen LogP contribution in [0.3, 0.4) is 0 Å². The first-order valence-corrected chi connectivity index (χ1v) is 6.24. The van der Waals surface area contributed by atoms with Gasteiger partial charge in [-0.25, -0.2) is 14.2 Å². The summed E-state index contributed by atoms with van der Waals surface area (Å²) in [7, 11) is 0. The highest BCUT2D eigenvalue weighted by molar-refractivity contribution is 6.30. The third-order valence-electron chi connectivity index (χ3n) is 2.58. The Hall–Kier alpha value is -2.14. The zero-order chi connectivity index (χ0) is 14.7. The van der Waals surface area contributed by atoms with Gasteiger partial charge in [0.15, 0.2) is 0 Å². The molecule has 0 saturated carbocycles. The number of aromatic nitrogens is 1. The van der Waals surface area contributed by atoms with Crippen LogP contribution in [0.15, 0.2) is 30.3 Å². The van der Waals surface area contributed by atoms with Gasteiger partial charge in [0.05, 0.1) is 10.6 Å². The predicted octanol–water partition coefficient (Wildman–Crippen LogP) is 3.93. The van der Waals surface area contributed by atoms with Crippen molar-refractivity contribution in [2.45, 2.75) is 13.3 Å². The molecule has 2 aromatic rings. The molecule has 1 N–H and O–H groups in total. The SMILES string of the molecule is CCc1cc(C(=O)O)cc(Oc2ccc(F)c(Cl)c2)n1. The summed E-state index contributed by atoms with van der Waals surface area (Å²) < 4.78 is 18.5. The van der Waals surface area contributed by atoms with Crippen LogP contribution in [0, 0.1) is 5.82 Å². The van der Waals surface area contributed by atoms with Gasteiger partial charge in [0.2, 0.25) is 5.88 Å². The summed E-state index contributed by atoms with van der Waals surface area (Å²) >= 11 is 5.65. The van der Waals surface area contributed by atoms with Gasteiger partial charge < -0.3 is 9.84 Å². The summed E-state index contributed by atoms with van der Waals surface area (Å²) in [6.07, 6.45) is 0.571. The maximum atomic E-state index is 13.0. The number of aromatic carboxylic acids is 1. The van der Waals surface area contributed by atoms with Crippen molar-refractivity contribution in [3.05, 3.63) is 52.4 Å².